The maximum atomic E-state index is 10.2. The van der Waals surface area contributed by atoms with Crippen LogP contribution in [-0.4, -0.2) is 22.6 Å². The maximum Gasteiger partial charge on any atom is 0.127 e. The van der Waals surface area contributed by atoms with Crippen LogP contribution < -0.4 is 0 Å². The number of nitrogens with zero attached hydrogens (tertiary/aromatic N) is 1. The van der Waals surface area contributed by atoms with Gasteiger partial charge in [-0.05, 0) is 24.0 Å². The molecule has 0 amide bonds. The molecule has 2 rings (SSSR count). The highest BCUT2D eigenvalue weighted by Gasteiger charge is 2.42. The first-order chi connectivity index (χ1) is 10.1. The molecule has 0 saturated heterocycles. The van der Waals surface area contributed by atoms with Gasteiger partial charge in [-0.15, -0.1) is 0 Å². The van der Waals surface area contributed by atoms with Crippen molar-refractivity contribution in [1.82, 2.24) is 0 Å². The Morgan fingerprint density at radius 3 is 2.45 bits per heavy atom. The Balaban J connectivity index is 2.78. The van der Waals surface area contributed by atoms with E-state index in [1.54, 1.807) is 19.1 Å². The number of phenols is 1. The van der Waals surface area contributed by atoms with Gasteiger partial charge in [0.1, 0.15) is 11.5 Å². The molecule has 4 nitrogen and oxygen atoms in total. The summed E-state index contributed by atoms with van der Waals surface area (Å²) in [6.07, 6.45) is 0. The number of phenolic OH excluding ortho intramolecular Hbond substituents is 1. The lowest BCUT2D eigenvalue weighted by molar-refractivity contribution is 0.213. The zero-order valence-corrected chi connectivity index (χ0v) is 14.2. The number of oxime groups is 1. The molecule has 0 atom stereocenters. The maximum absolute atomic E-state index is 10.2. The molecular weight excluding hydrogens is 278 g/mol. The highest BCUT2D eigenvalue weighted by molar-refractivity contribution is 6.04. The number of hydrogen-bond acceptors (Lipinski definition) is 4. The minimum atomic E-state index is -0.0828. The van der Waals surface area contributed by atoms with E-state index >= 15 is 0 Å². The van der Waals surface area contributed by atoms with Gasteiger partial charge in [-0.3, -0.25) is 0 Å². The fourth-order valence-electron chi connectivity index (χ4n) is 3.43. The molecule has 1 aromatic rings. The summed E-state index contributed by atoms with van der Waals surface area (Å²) in [6, 6.07) is 5.26. The van der Waals surface area contributed by atoms with Crippen LogP contribution in [-0.2, 0) is 4.74 Å². The summed E-state index contributed by atoms with van der Waals surface area (Å²) in [4.78, 5) is 0. The van der Waals surface area contributed by atoms with Crippen molar-refractivity contribution < 1.29 is 15.1 Å². The topological polar surface area (TPSA) is 62.1 Å². The average molecular weight is 303 g/mol. The van der Waals surface area contributed by atoms with E-state index in [-0.39, 0.29) is 16.6 Å². The van der Waals surface area contributed by atoms with E-state index in [2.05, 4.69) is 39.8 Å². The molecule has 0 spiro atoms. The number of ether oxygens (including phenoxy) is 1. The van der Waals surface area contributed by atoms with Gasteiger partial charge in [-0.1, -0.05) is 51.9 Å². The van der Waals surface area contributed by atoms with Gasteiger partial charge in [0, 0.05) is 11.0 Å². The third-order valence-electron chi connectivity index (χ3n) is 4.03. The van der Waals surface area contributed by atoms with Crippen LogP contribution in [0.3, 0.4) is 0 Å². The molecule has 0 unspecified atom stereocenters. The molecular formula is C18H25NO3. The van der Waals surface area contributed by atoms with Crippen LogP contribution in [0.25, 0.3) is 5.76 Å². The van der Waals surface area contributed by atoms with Crippen LogP contribution in [0.4, 0.5) is 0 Å². The molecule has 2 N–H and O–H groups in total. The molecule has 1 aromatic carbocycles. The first-order valence-corrected chi connectivity index (χ1v) is 7.49. The van der Waals surface area contributed by atoms with Crippen molar-refractivity contribution in [3.63, 3.8) is 0 Å². The van der Waals surface area contributed by atoms with Crippen LogP contribution >= 0.6 is 0 Å². The van der Waals surface area contributed by atoms with Crippen molar-refractivity contribution in [3.05, 3.63) is 34.9 Å². The summed E-state index contributed by atoms with van der Waals surface area (Å²) in [5, 5.41) is 22.6. The summed E-state index contributed by atoms with van der Waals surface area (Å²) < 4.78 is 6.02. The van der Waals surface area contributed by atoms with E-state index in [4.69, 9.17) is 9.94 Å². The van der Waals surface area contributed by atoms with Gasteiger partial charge in [0.05, 0.1) is 17.9 Å². The summed E-state index contributed by atoms with van der Waals surface area (Å²) >= 11 is 0. The minimum Gasteiger partial charge on any atom is -0.507 e. The number of benzene rings is 1. The van der Waals surface area contributed by atoms with Gasteiger partial charge in [0.2, 0.25) is 0 Å². The molecule has 1 aliphatic heterocycles. The van der Waals surface area contributed by atoms with Gasteiger partial charge in [-0.25, -0.2) is 0 Å². The zero-order chi connectivity index (χ0) is 16.7. The third-order valence-corrected chi connectivity index (χ3v) is 4.03. The van der Waals surface area contributed by atoms with Crippen molar-refractivity contribution >= 4 is 11.5 Å². The molecule has 120 valence electrons. The largest absolute Gasteiger partial charge is 0.507 e. The Labute approximate surface area is 132 Å². The van der Waals surface area contributed by atoms with Crippen LogP contribution in [0.1, 0.15) is 52.7 Å². The Morgan fingerprint density at radius 1 is 1.27 bits per heavy atom. The first kappa shape index (κ1) is 16.4. The van der Waals surface area contributed by atoms with Crippen LogP contribution in [0.15, 0.2) is 28.9 Å². The van der Waals surface area contributed by atoms with E-state index in [0.717, 1.165) is 11.3 Å². The summed E-state index contributed by atoms with van der Waals surface area (Å²) in [5.74, 6) is 0.869. The van der Waals surface area contributed by atoms with Gasteiger partial charge < -0.3 is 15.1 Å². The van der Waals surface area contributed by atoms with E-state index < -0.39 is 0 Å². The van der Waals surface area contributed by atoms with Crippen LogP contribution in [0.5, 0.6) is 5.75 Å². The fraction of sp³-hybridized carbons (Fsp3) is 0.500. The molecule has 0 bridgehead atoms. The van der Waals surface area contributed by atoms with Crippen molar-refractivity contribution in [2.75, 3.05) is 6.61 Å². The number of rotatable bonds is 2. The molecule has 0 radical (unpaired) electrons. The summed E-state index contributed by atoms with van der Waals surface area (Å²) in [7, 11) is 0. The monoisotopic (exact) mass is 303 g/mol. The normalized spacial score (nSPS) is 18.5. The molecule has 4 heteroatoms. The molecule has 0 fully saturated rings. The van der Waals surface area contributed by atoms with E-state index in [9.17, 15) is 5.11 Å². The summed E-state index contributed by atoms with van der Waals surface area (Å²) in [5.41, 5.74) is 2.70. The fourth-order valence-corrected chi connectivity index (χ4v) is 3.43. The molecule has 0 saturated carbocycles. The second-order valence-corrected chi connectivity index (χ2v) is 7.51. The second-order valence-electron chi connectivity index (χ2n) is 7.51. The molecule has 0 aliphatic carbocycles. The molecule has 1 aliphatic rings. The standard InChI is InChI=1S/C18H25NO3/c1-11(19-21)14-12(8-7-9-13(14)20)15-16(17(2,3)4)18(5,6)10-22-15/h7-9,20-21H,10H2,1-6H3. The molecule has 0 aromatic heterocycles. The third kappa shape index (κ3) is 2.70. The van der Waals surface area contributed by atoms with Crippen molar-refractivity contribution in [3.8, 4) is 5.75 Å². The second kappa shape index (κ2) is 5.34. The zero-order valence-electron chi connectivity index (χ0n) is 14.2. The van der Waals surface area contributed by atoms with Crippen LogP contribution in [0.2, 0.25) is 0 Å². The van der Waals surface area contributed by atoms with Gasteiger partial charge in [0.25, 0.3) is 0 Å². The summed E-state index contributed by atoms with van der Waals surface area (Å²) in [6.45, 7) is 13.1. The Bertz CT molecular complexity index is 649. The lowest BCUT2D eigenvalue weighted by Crippen LogP contribution is -2.24. The van der Waals surface area contributed by atoms with E-state index in [0.29, 0.717) is 17.9 Å². The predicted molar refractivity (Wildman–Crippen MR) is 88.2 cm³/mol. The highest BCUT2D eigenvalue weighted by atomic mass is 16.5. The van der Waals surface area contributed by atoms with Crippen molar-refractivity contribution in [2.45, 2.75) is 41.5 Å². The van der Waals surface area contributed by atoms with Gasteiger partial charge >= 0.3 is 0 Å². The lowest BCUT2D eigenvalue weighted by Gasteiger charge is -2.31. The first-order valence-electron chi connectivity index (χ1n) is 7.49. The van der Waals surface area contributed by atoms with E-state index in [1.807, 2.05) is 6.07 Å². The Morgan fingerprint density at radius 2 is 1.91 bits per heavy atom. The SMILES string of the molecule is CC(=NO)c1c(O)cccc1C1=C(C(C)(C)C)C(C)(C)CO1. The Hall–Kier alpha value is -1.97. The van der Waals surface area contributed by atoms with Gasteiger partial charge in [-0.2, -0.15) is 0 Å². The smallest absolute Gasteiger partial charge is 0.127 e. The molecule has 1 heterocycles. The average Bonchev–Trinajstić information content (AvgIpc) is 2.73. The highest BCUT2D eigenvalue weighted by Crippen LogP contribution is 2.50. The predicted octanol–water partition coefficient (Wildman–Crippen LogP) is 4.40. The van der Waals surface area contributed by atoms with E-state index in [1.165, 1.54) is 5.57 Å². The number of hydrogen-bond donors (Lipinski definition) is 2. The number of aromatic hydroxyl groups is 1. The van der Waals surface area contributed by atoms with Crippen molar-refractivity contribution in [1.29, 1.82) is 0 Å². The minimum absolute atomic E-state index is 0.0671. The lowest BCUT2D eigenvalue weighted by atomic mass is 9.71. The quantitative estimate of drug-likeness (QED) is 0.483. The Kier molecular flexibility index (Phi) is 3.98. The molecule has 22 heavy (non-hydrogen) atoms. The van der Waals surface area contributed by atoms with Gasteiger partial charge in [0.15, 0.2) is 0 Å². The van der Waals surface area contributed by atoms with Crippen molar-refractivity contribution in [2.24, 2.45) is 16.0 Å². The van der Waals surface area contributed by atoms with Crippen LogP contribution in [0, 0.1) is 10.8 Å².